The Labute approximate surface area is 366 Å². The first-order chi connectivity index (χ1) is 26.0. The van der Waals surface area contributed by atoms with Gasteiger partial charge >= 0.3 is 0 Å². The molecular formula is C50H98O4Si4. The third-order valence-corrected chi connectivity index (χ3v) is 26.6. The fourth-order valence-electron chi connectivity index (χ4n) is 10.7. The van der Waals surface area contributed by atoms with Gasteiger partial charge < -0.3 is 17.7 Å². The first-order valence-electron chi connectivity index (χ1n) is 23.8. The van der Waals surface area contributed by atoms with E-state index in [-0.39, 0.29) is 33.5 Å². The third kappa shape index (κ3) is 14.8. The molecule has 0 bridgehead atoms. The van der Waals surface area contributed by atoms with Crippen molar-refractivity contribution >= 4 is 33.3 Å². The first-order valence-corrected chi connectivity index (χ1v) is 36.5. The monoisotopic (exact) mass is 875 g/mol. The Kier molecular flexibility index (Phi) is 17.1. The van der Waals surface area contributed by atoms with Crippen LogP contribution < -0.4 is 0 Å². The van der Waals surface area contributed by atoms with Gasteiger partial charge in [0, 0.05) is 6.42 Å². The van der Waals surface area contributed by atoms with Gasteiger partial charge in [-0.25, -0.2) is 0 Å². The Bertz CT molecular complexity index is 1400. The molecule has 0 heterocycles. The summed E-state index contributed by atoms with van der Waals surface area (Å²) in [4.78, 5) is 0. The van der Waals surface area contributed by atoms with E-state index >= 15 is 0 Å². The molecule has 0 spiro atoms. The van der Waals surface area contributed by atoms with Gasteiger partial charge in [-0.15, -0.1) is 0 Å². The Morgan fingerprint density at radius 3 is 1.66 bits per heavy atom. The van der Waals surface area contributed by atoms with Gasteiger partial charge in [0.25, 0.3) is 0 Å². The maximum atomic E-state index is 7.19. The van der Waals surface area contributed by atoms with Gasteiger partial charge in [-0.1, -0.05) is 98.5 Å². The van der Waals surface area contributed by atoms with Crippen LogP contribution in [0, 0.1) is 23.2 Å². The van der Waals surface area contributed by atoms with Crippen molar-refractivity contribution in [3.8, 4) is 0 Å². The molecule has 0 amide bonds. The van der Waals surface area contributed by atoms with E-state index < -0.39 is 33.3 Å². The van der Waals surface area contributed by atoms with E-state index in [4.69, 9.17) is 24.3 Å². The molecule has 3 aliphatic carbocycles. The van der Waals surface area contributed by atoms with E-state index in [2.05, 4.69) is 154 Å². The van der Waals surface area contributed by atoms with E-state index in [1.165, 1.54) is 68.9 Å². The van der Waals surface area contributed by atoms with Crippen molar-refractivity contribution in [1.82, 2.24) is 0 Å². The molecule has 58 heavy (non-hydrogen) atoms. The second-order valence-electron chi connectivity index (χ2n) is 25.9. The molecule has 0 aromatic heterocycles. The van der Waals surface area contributed by atoms with Crippen molar-refractivity contribution in [2.24, 2.45) is 23.2 Å². The highest BCUT2D eigenvalue weighted by atomic mass is 28.4. The maximum Gasteiger partial charge on any atom is 0.192 e. The summed E-state index contributed by atoms with van der Waals surface area (Å²) in [6.45, 7) is 54.5. The molecule has 3 aliphatic rings. The van der Waals surface area contributed by atoms with Gasteiger partial charge in [0.15, 0.2) is 33.3 Å². The molecule has 0 aromatic rings. The Balaban J connectivity index is 1.92. The summed E-state index contributed by atoms with van der Waals surface area (Å²) in [6.07, 6.45) is 21.1. The van der Waals surface area contributed by atoms with Crippen molar-refractivity contribution < 1.29 is 17.7 Å². The van der Waals surface area contributed by atoms with Crippen molar-refractivity contribution in [3.63, 3.8) is 0 Å². The van der Waals surface area contributed by atoms with Gasteiger partial charge in [-0.05, 0) is 189 Å². The van der Waals surface area contributed by atoms with E-state index in [0.717, 1.165) is 37.5 Å². The Morgan fingerprint density at radius 1 is 0.707 bits per heavy atom. The molecule has 4 nitrogen and oxygen atoms in total. The fraction of sp³-hybridized carbons (Fsp3) is 0.880. The van der Waals surface area contributed by atoms with Crippen molar-refractivity contribution in [3.05, 3.63) is 35.5 Å². The van der Waals surface area contributed by atoms with Crippen LogP contribution in [0.2, 0.25) is 75.5 Å². The second-order valence-corrected chi connectivity index (χ2v) is 44.2. The van der Waals surface area contributed by atoms with Crippen LogP contribution in [0.15, 0.2) is 35.5 Å². The number of fused-ring (bicyclic) bond motifs is 1. The van der Waals surface area contributed by atoms with Crippen LogP contribution in [-0.4, -0.2) is 56.7 Å². The molecule has 0 aliphatic heterocycles. The quantitative estimate of drug-likeness (QED) is 0.129. The molecule has 0 saturated heterocycles. The van der Waals surface area contributed by atoms with Gasteiger partial charge in [0.05, 0.1) is 23.4 Å². The summed E-state index contributed by atoms with van der Waals surface area (Å²) in [7, 11) is -7.18. The number of hydrogen-bond acceptors (Lipinski definition) is 4. The SMILES string of the molecule is C=C1C(=CC=C2CCC[C@]3(C)[C@@H](C(CCCC(C)(C)O[Si](C)(C)C)CCCC(C)(C)O[Si](C)(C)C)CC[C@@H]23)C[C@@H](O[Si](C)(C)C(C)(C)C)C[C@@H]1O[Si](C)(C)C(C)(C)C. The van der Waals surface area contributed by atoms with E-state index in [1.54, 1.807) is 5.57 Å². The van der Waals surface area contributed by atoms with Gasteiger partial charge in [0.2, 0.25) is 0 Å². The molecular weight excluding hydrogens is 777 g/mol. The molecule has 0 unspecified atom stereocenters. The van der Waals surface area contributed by atoms with Crippen LogP contribution in [0.1, 0.15) is 160 Å². The van der Waals surface area contributed by atoms with E-state index in [1.807, 2.05) is 0 Å². The average Bonchev–Trinajstić information content (AvgIpc) is 3.34. The van der Waals surface area contributed by atoms with Crippen LogP contribution in [0.4, 0.5) is 0 Å². The lowest BCUT2D eigenvalue weighted by Crippen LogP contribution is -2.49. The summed E-state index contributed by atoms with van der Waals surface area (Å²) >= 11 is 0. The van der Waals surface area contributed by atoms with Crippen LogP contribution in [0.3, 0.4) is 0 Å². The fourth-order valence-corrected chi connectivity index (χ4v) is 16.9. The number of hydrogen-bond donors (Lipinski definition) is 0. The summed E-state index contributed by atoms with van der Waals surface area (Å²) in [5.41, 5.74) is 4.50. The van der Waals surface area contributed by atoms with Gasteiger partial charge in [-0.3, -0.25) is 0 Å². The molecule has 0 aromatic carbocycles. The van der Waals surface area contributed by atoms with Crippen LogP contribution >= 0.6 is 0 Å². The van der Waals surface area contributed by atoms with E-state index in [0.29, 0.717) is 11.3 Å². The minimum absolute atomic E-state index is 0.0181. The highest BCUT2D eigenvalue weighted by molar-refractivity contribution is 6.74. The predicted octanol–water partition coefficient (Wildman–Crippen LogP) is 16.4. The number of allylic oxidation sites excluding steroid dienone is 3. The molecule has 5 atom stereocenters. The van der Waals surface area contributed by atoms with Crippen molar-refractivity contribution in [1.29, 1.82) is 0 Å². The van der Waals surface area contributed by atoms with Gasteiger partial charge in [-0.2, -0.15) is 0 Å². The van der Waals surface area contributed by atoms with Gasteiger partial charge in [0.1, 0.15) is 0 Å². The lowest BCUT2D eigenvalue weighted by molar-refractivity contribution is 0.0588. The lowest BCUT2D eigenvalue weighted by atomic mass is 9.60. The third-order valence-electron chi connectivity index (χ3n) is 15.2. The lowest BCUT2D eigenvalue weighted by Gasteiger charge is -2.46. The predicted molar refractivity (Wildman–Crippen MR) is 265 cm³/mol. The minimum Gasteiger partial charge on any atom is -0.413 e. The maximum absolute atomic E-state index is 7.19. The molecule has 8 heteroatoms. The molecule has 0 radical (unpaired) electrons. The highest BCUT2D eigenvalue weighted by Gasteiger charge is 2.51. The highest BCUT2D eigenvalue weighted by Crippen LogP contribution is 2.61. The molecule has 3 rings (SSSR count). The van der Waals surface area contributed by atoms with Crippen LogP contribution in [0.5, 0.6) is 0 Å². The summed E-state index contributed by atoms with van der Waals surface area (Å²) < 4.78 is 27.8. The topological polar surface area (TPSA) is 36.9 Å². The first kappa shape index (κ1) is 52.3. The Morgan fingerprint density at radius 2 is 1.19 bits per heavy atom. The molecule has 3 fully saturated rings. The Hall–Kier alpha value is -0.0725. The normalized spacial score (nSPS) is 27.6. The zero-order valence-electron chi connectivity index (χ0n) is 42.6. The largest absolute Gasteiger partial charge is 0.413 e. The number of rotatable bonds is 18. The summed E-state index contributed by atoms with van der Waals surface area (Å²) in [5.74, 6) is 2.18. The summed E-state index contributed by atoms with van der Waals surface area (Å²) in [5, 5.41) is 0.314. The summed E-state index contributed by atoms with van der Waals surface area (Å²) in [6, 6.07) is 0. The van der Waals surface area contributed by atoms with E-state index in [9.17, 15) is 0 Å². The minimum atomic E-state index is -2.01. The second kappa shape index (κ2) is 19.0. The zero-order chi connectivity index (χ0) is 44.6. The van der Waals surface area contributed by atoms with Crippen LogP contribution in [0.25, 0.3) is 0 Å². The standard InChI is InChI=1S/C50H98O4Si4/c1-38-41(36-42(51-57(19,20)46(2,3)4)37-45(38)52-58(21,22)47(5,6)7)30-29-40-28-25-35-50(12)43(31-32-44(40)50)39(26-23-33-48(8,9)53-55(13,14)15)27-24-34-49(10,11)54-56(16,17)18/h29-30,39,42-45H,1,23-28,31-37H2,2-22H3/t42-,43-,44+,45+,50-/m1/s1. The van der Waals surface area contributed by atoms with Crippen molar-refractivity contribution in [2.45, 2.75) is 259 Å². The molecule has 3 saturated carbocycles. The molecule has 338 valence electrons. The smallest absolute Gasteiger partial charge is 0.192 e. The molecule has 0 N–H and O–H groups in total. The zero-order valence-corrected chi connectivity index (χ0v) is 46.6. The van der Waals surface area contributed by atoms with Crippen molar-refractivity contribution in [2.75, 3.05) is 0 Å². The average molecular weight is 876 g/mol. The van der Waals surface area contributed by atoms with Crippen LogP contribution in [-0.2, 0) is 17.7 Å².